The maximum absolute atomic E-state index is 3.71. The van der Waals surface area contributed by atoms with Crippen molar-refractivity contribution in [2.45, 2.75) is 0 Å². The van der Waals surface area contributed by atoms with Gasteiger partial charge in [-0.05, 0) is 22.8 Å². The Labute approximate surface area is 60.5 Å². The van der Waals surface area contributed by atoms with Gasteiger partial charge in [-0.25, -0.2) is 0 Å². The summed E-state index contributed by atoms with van der Waals surface area (Å²) in [5.41, 5.74) is 3.92. The van der Waals surface area contributed by atoms with Crippen LogP contribution in [-0.2, 0) is 0 Å². The molecule has 0 saturated carbocycles. The summed E-state index contributed by atoms with van der Waals surface area (Å²) in [4.78, 5) is 0. The summed E-state index contributed by atoms with van der Waals surface area (Å²) in [5.74, 6) is 0. The van der Waals surface area contributed by atoms with Crippen molar-refractivity contribution in [3.63, 3.8) is 0 Å². The van der Waals surface area contributed by atoms with Crippen molar-refractivity contribution in [2.24, 2.45) is 0 Å². The highest BCUT2D eigenvalue weighted by Crippen LogP contribution is 2.32. The van der Waals surface area contributed by atoms with Crippen molar-refractivity contribution in [1.82, 2.24) is 0 Å². The summed E-state index contributed by atoms with van der Waals surface area (Å²) in [6.45, 7) is 3.71. The van der Waals surface area contributed by atoms with E-state index in [1.165, 1.54) is 16.7 Å². The minimum Gasteiger partial charge on any atom is -0.0984 e. The second kappa shape index (κ2) is 1.84. The Morgan fingerprint density at radius 1 is 1.20 bits per heavy atom. The average Bonchev–Trinajstić information content (AvgIpc) is 1.92. The van der Waals surface area contributed by atoms with Crippen molar-refractivity contribution in [2.75, 3.05) is 0 Å². The Morgan fingerprint density at radius 2 is 2.00 bits per heavy atom. The Hall–Kier alpha value is -1.30. The molecule has 0 atom stereocenters. The van der Waals surface area contributed by atoms with Gasteiger partial charge in [0.1, 0.15) is 0 Å². The van der Waals surface area contributed by atoms with Gasteiger partial charge in [-0.1, -0.05) is 36.9 Å². The minimum absolute atomic E-state index is 1.26. The highest BCUT2D eigenvalue weighted by atomic mass is 14.1. The lowest BCUT2D eigenvalue weighted by Crippen LogP contribution is -1.94. The lowest BCUT2D eigenvalue weighted by molar-refractivity contribution is 1.54. The quantitative estimate of drug-likeness (QED) is 0.545. The van der Waals surface area contributed by atoms with Gasteiger partial charge in [0.25, 0.3) is 0 Å². The predicted octanol–water partition coefficient (Wildman–Crippen LogP) is 2.73. The van der Waals surface area contributed by atoms with Gasteiger partial charge in [0.15, 0.2) is 0 Å². The molecule has 1 aliphatic carbocycles. The average molecular weight is 128 g/mol. The Morgan fingerprint density at radius 3 is 2.70 bits per heavy atom. The van der Waals surface area contributed by atoms with Crippen LogP contribution in [0.1, 0.15) is 11.1 Å². The fraction of sp³-hybridized carbons (Fsp3) is 0. The van der Waals surface area contributed by atoms with Gasteiger partial charge in [-0.15, -0.1) is 0 Å². The summed E-state index contributed by atoms with van der Waals surface area (Å²) in [6.07, 6.45) is 4.03. The highest BCUT2D eigenvalue weighted by Gasteiger charge is 2.10. The van der Waals surface area contributed by atoms with Crippen molar-refractivity contribution < 1.29 is 0 Å². The molecule has 0 spiro atoms. The third-order valence-electron chi connectivity index (χ3n) is 1.80. The molecular weight excluding hydrogens is 120 g/mol. The molecule has 1 aromatic rings. The lowest BCUT2D eigenvalue weighted by Gasteiger charge is -2.15. The monoisotopic (exact) mass is 128 g/mol. The topological polar surface area (TPSA) is 0 Å². The van der Waals surface area contributed by atoms with Crippen molar-refractivity contribution in [3.8, 4) is 0 Å². The van der Waals surface area contributed by atoms with Crippen molar-refractivity contribution in [3.05, 3.63) is 48.0 Å². The van der Waals surface area contributed by atoms with Crippen LogP contribution in [0.4, 0.5) is 0 Å². The Balaban J connectivity index is 2.52. The first-order chi connectivity index (χ1) is 4.92. The molecule has 1 aromatic carbocycles. The van der Waals surface area contributed by atoms with Gasteiger partial charge in [-0.3, -0.25) is 0 Å². The summed E-state index contributed by atoms with van der Waals surface area (Å²) in [6, 6.07) is 8.33. The van der Waals surface area contributed by atoms with E-state index in [1.807, 2.05) is 6.08 Å². The maximum Gasteiger partial charge on any atom is -0.0111 e. The van der Waals surface area contributed by atoms with Gasteiger partial charge in [0, 0.05) is 0 Å². The van der Waals surface area contributed by atoms with Crippen LogP contribution in [-0.4, -0.2) is 0 Å². The van der Waals surface area contributed by atoms with E-state index in [4.69, 9.17) is 0 Å². The molecule has 0 fully saturated rings. The van der Waals surface area contributed by atoms with Crippen LogP contribution < -0.4 is 0 Å². The van der Waals surface area contributed by atoms with Crippen LogP contribution in [0, 0.1) is 0 Å². The predicted molar refractivity (Wildman–Crippen MR) is 44.5 cm³/mol. The van der Waals surface area contributed by atoms with E-state index in [2.05, 4.69) is 36.9 Å². The van der Waals surface area contributed by atoms with Crippen LogP contribution in [0.2, 0.25) is 0 Å². The van der Waals surface area contributed by atoms with Gasteiger partial charge >= 0.3 is 0 Å². The van der Waals surface area contributed by atoms with Crippen LogP contribution in [0.3, 0.4) is 0 Å². The molecule has 0 aliphatic heterocycles. The normalized spacial score (nSPS) is 13.0. The molecule has 0 amide bonds. The Bertz CT molecular complexity index is 306. The fourth-order valence-corrected chi connectivity index (χ4v) is 1.22. The summed E-state index contributed by atoms with van der Waals surface area (Å²) in [7, 11) is 0. The van der Waals surface area contributed by atoms with Crippen molar-refractivity contribution in [1.29, 1.82) is 0 Å². The molecule has 0 unspecified atom stereocenters. The van der Waals surface area contributed by atoms with Crippen molar-refractivity contribution >= 4 is 11.6 Å². The number of rotatable bonds is 1. The summed E-state index contributed by atoms with van der Waals surface area (Å²) in [5, 5.41) is 0. The van der Waals surface area contributed by atoms with E-state index in [0.717, 1.165) is 0 Å². The van der Waals surface area contributed by atoms with E-state index in [1.54, 1.807) is 0 Å². The SMILES string of the molecule is C=CC1=Cc2ccccc21. The first-order valence-corrected chi connectivity index (χ1v) is 3.35. The van der Waals surface area contributed by atoms with Gasteiger partial charge < -0.3 is 0 Å². The van der Waals surface area contributed by atoms with E-state index in [9.17, 15) is 0 Å². The standard InChI is InChI=1S/C10H8/c1-2-8-7-9-5-3-4-6-10(8)9/h2-7H,1H2. The number of hydrogen-bond acceptors (Lipinski definition) is 0. The molecule has 0 N–H and O–H groups in total. The molecule has 2 rings (SSSR count). The van der Waals surface area contributed by atoms with E-state index in [-0.39, 0.29) is 0 Å². The molecule has 0 bridgehead atoms. The van der Waals surface area contributed by atoms with E-state index < -0.39 is 0 Å². The van der Waals surface area contributed by atoms with E-state index in [0.29, 0.717) is 0 Å². The molecule has 0 heteroatoms. The summed E-state index contributed by atoms with van der Waals surface area (Å²) >= 11 is 0. The molecule has 0 nitrogen and oxygen atoms in total. The first-order valence-electron chi connectivity index (χ1n) is 3.35. The second-order valence-electron chi connectivity index (χ2n) is 2.39. The molecular formula is C10H8. The minimum atomic E-state index is 1.26. The molecule has 1 aliphatic rings. The molecule has 10 heavy (non-hydrogen) atoms. The van der Waals surface area contributed by atoms with E-state index >= 15 is 0 Å². The third kappa shape index (κ3) is 0.561. The maximum atomic E-state index is 3.71. The number of benzene rings is 1. The largest absolute Gasteiger partial charge is 0.0984 e. The first kappa shape index (κ1) is 5.48. The smallest absolute Gasteiger partial charge is 0.0111 e. The van der Waals surface area contributed by atoms with Crippen LogP contribution >= 0.6 is 0 Å². The van der Waals surface area contributed by atoms with Crippen LogP contribution in [0.15, 0.2) is 36.9 Å². The van der Waals surface area contributed by atoms with Gasteiger partial charge in [-0.2, -0.15) is 0 Å². The number of hydrogen-bond donors (Lipinski definition) is 0. The van der Waals surface area contributed by atoms with Gasteiger partial charge in [0.05, 0.1) is 0 Å². The zero-order chi connectivity index (χ0) is 6.97. The molecule has 0 radical (unpaired) electrons. The summed E-state index contributed by atoms with van der Waals surface area (Å²) < 4.78 is 0. The van der Waals surface area contributed by atoms with Crippen LogP contribution in [0.25, 0.3) is 11.6 Å². The zero-order valence-corrected chi connectivity index (χ0v) is 5.67. The molecule has 0 saturated heterocycles. The van der Waals surface area contributed by atoms with Crippen LogP contribution in [0.5, 0.6) is 0 Å². The Kier molecular flexibility index (Phi) is 1.01. The fourth-order valence-electron chi connectivity index (χ4n) is 1.22. The molecule has 0 aromatic heterocycles. The highest BCUT2D eigenvalue weighted by molar-refractivity contribution is 5.99. The van der Waals surface area contributed by atoms with Gasteiger partial charge in [0.2, 0.25) is 0 Å². The zero-order valence-electron chi connectivity index (χ0n) is 5.67. The molecule has 0 heterocycles. The number of allylic oxidation sites excluding steroid dienone is 2. The second-order valence-corrected chi connectivity index (χ2v) is 2.39. The third-order valence-corrected chi connectivity index (χ3v) is 1.80. The lowest BCUT2D eigenvalue weighted by atomic mass is 9.89. The molecule has 48 valence electrons. The number of fused-ring (bicyclic) bond motifs is 1.